The van der Waals surface area contributed by atoms with Gasteiger partial charge >= 0.3 is 0 Å². The molecule has 3 nitrogen and oxygen atoms in total. The molecule has 108 valence electrons. The molecule has 1 N–H and O–H groups in total. The van der Waals surface area contributed by atoms with Gasteiger partial charge in [0.25, 0.3) is 0 Å². The zero-order valence-electron chi connectivity index (χ0n) is 13.0. The molecule has 1 heterocycles. The van der Waals surface area contributed by atoms with Crippen molar-refractivity contribution in [3.05, 3.63) is 24.0 Å². The Hall–Kier alpha value is -1.09. The van der Waals surface area contributed by atoms with Crippen molar-refractivity contribution < 1.29 is 4.74 Å². The predicted molar refractivity (Wildman–Crippen MR) is 80.4 cm³/mol. The molecule has 0 aliphatic heterocycles. The highest BCUT2D eigenvalue weighted by Crippen LogP contribution is 2.13. The molecule has 0 fully saturated rings. The minimum Gasteiger partial charge on any atom is -0.492 e. The third kappa shape index (κ3) is 7.16. The van der Waals surface area contributed by atoms with Gasteiger partial charge in [0, 0.05) is 12.1 Å². The van der Waals surface area contributed by atoms with E-state index in [4.69, 9.17) is 4.74 Å². The van der Waals surface area contributed by atoms with Crippen molar-refractivity contribution in [3.8, 4) is 5.75 Å². The standard InChI is InChI=1S/C16H28N2O/c1-6-7-13(2)12-19-15-9-8-14(17-11-15)10-18-16(3,4)5/h8-9,11,13,18H,6-7,10,12H2,1-5H3. The first-order chi connectivity index (χ1) is 8.90. The maximum absolute atomic E-state index is 5.74. The molecule has 0 saturated carbocycles. The third-order valence-electron chi connectivity index (χ3n) is 2.91. The predicted octanol–water partition coefficient (Wildman–Crippen LogP) is 3.78. The molecule has 0 aliphatic carbocycles. The number of nitrogens with one attached hydrogen (secondary N) is 1. The van der Waals surface area contributed by atoms with Gasteiger partial charge < -0.3 is 10.1 Å². The summed E-state index contributed by atoms with van der Waals surface area (Å²) in [7, 11) is 0. The summed E-state index contributed by atoms with van der Waals surface area (Å²) in [5.41, 5.74) is 1.16. The van der Waals surface area contributed by atoms with E-state index in [2.05, 4.69) is 44.9 Å². The second-order valence-electron chi connectivity index (χ2n) is 6.29. The van der Waals surface area contributed by atoms with Crippen LogP contribution in [0.5, 0.6) is 5.75 Å². The summed E-state index contributed by atoms with van der Waals surface area (Å²) in [5.74, 6) is 1.47. The van der Waals surface area contributed by atoms with E-state index < -0.39 is 0 Å². The van der Waals surface area contributed by atoms with Crippen LogP contribution in [0.4, 0.5) is 0 Å². The fraction of sp³-hybridized carbons (Fsp3) is 0.688. The Balaban J connectivity index is 2.39. The highest BCUT2D eigenvalue weighted by molar-refractivity contribution is 5.19. The second kappa shape index (κ2) is 7.49. The van der Waals surface area contributed by atoms with E-state index in [1.165, 1.54) is 12.8 Å². The van der Waals surface area contributed by atoms with E-state index >= 15 is 0 Å². The Labute approximate surface area is 117 Å². The van der Waals surface area contributed by atoms with Crippen LogP contribution in [0, 0.1) is 5.92 Å². The molecule has 0 saturated heterocycles. The first-order valence-corrected chi connectivity index (χ1v) is 7.23. The van der Waals surface area contributed by atoms with Crippen LogP contribution in [0.1, 0.15) is 53.2 Å². The van der Waals surface area contributed by atoms with Gasteiger partial charge in [0.15, 0.2) is 0 Å². The summed E-state index contributed by atoms with van der Waals surface area (Å²) in [5, 5.41) is 3.42. The molecule has 0 radical (unpaired) electrons. The first-order valence-electron chi connectivity index (χ1n) is 7.23. The first kappa shape index (κ1) is 16.0. The van der Waals surface area contributed by atoms with Gasteiger partial charge in [-0.25, -0.2) is 0 Å². The van der Waals surface area contributed by atoms with Gasteiger partial charge in [0.2, 0.25) is 0 Å². The minimum absolute atomic E-state index is 0.117. The van der Waals surface area contributed by atoms with Gasteiger partial charge in [0.1, 0.15) is 5.75 Å². The number of aromatic nitrogens is 1. The van der Waals surface area contributed by atoms with Gasteiger partial charge in [-0.1, -0.05) is 20.3 Å². The van der Waals surface area contributed by atoms with Gasteiger partial charge in [-0.2, -0.15) is 0 Å². The summed E-state index contributed by atoms with van der Waals surface area (Å²) >= 11 is 0. The smallest absolute Gasteiger partial charge is 0.137 e. The molecular weight excluding hydrogens is 236 g/mol. The molecule has 0 spiro atoms. The minimum atomic E-state index is 0.117. The zero-order valence-corrected chi connectivity index (χ0v) is 13.0. The Morgan fingerprint density at radius 3 is 2.58 bits per heavy atom. The van der Waals surface area contributed by atoms with Crippen LogP contribution in [0.15, 0.2) is 18.3 Å². The van der Waals surface area contributed by atoms with Crippen LogP contribution in [-0.2, 0) is 6.54 Å². The zero-order chi connectivity index (χ0) is 14.3. The average molecular weight is 264 g/mol. The lowest BCUT2D eigenvalue weighted by atomic mass is 10.1. The fourth-order valence-electron chi connectivity index (χ4n) is 1.77. The maximum Gasteiger partial charge on any atom is 0.137 e. The molecule has 0 amide bonds. The van der Waals surface area contributed by atoms with Crippen molar-refractivity contribution in [1.29, 1.82) is 0 Å². The second-order valence-corrected chi connectivity index (χ2v) is 6.29. The van der Waals surface area contributed by atoms with E-state index in [1.807, 2.05) is 18.3 Å². The number of pyridine rings is 1. The number of nitrogens with zero attached hydrogens (tertiary/aromatic N) is 1. The molecule has 0 bridgehead atoms. The van der Waals surface area contributed by atoms with E-state index in [1.54, 1.807) is 0 Å². The lowest BCUT2D eigenvalue weighted by Gasteiger charge is -2.20. The van der Waals surface area contributed by atoms with Crippen LogP contribution >= 0.6 is 0 Å². The highest BCUT2D eigenvalue weighted by Gasteiger charge is 2.09. The SMILES string of the molecule is CCCC(C)COc1ccc(CNC(C)(C)C)nc1. The quantitative estimate of drug-likeness (QED) is 0.813. The fourth-order valence-corrected chi connectivity index (χ4v) is 1.77. The average Bonchev–Trinajstić information content (AvgIpc) is 2.34. The molecule has 1 unspecified atom stereocenters. The molecule has 0 aromatic carbocycles. The molecule has 1 aromatic heterocycles. The topological polar surface area (TPSA) is 34.1 Å². The number of rotatable bonds is 7. The van der Waals surface area contributed by atoms with E-state index in [9.17, 15) is 0 Å². The summed E-state index contributed by atoms with van der Waals surface area (Å²) in [6.07, 6.45) is 4.24. The maximum atomic E-state index is 5.74. The van der Waals surface area contributed by atoms with Crippen LogP contribution in [-0.4, -0.2) is 17.1 Å². The highest BCUT2D eigenvalue weighted by atomic mass is 16.5. The summed E-state index contributed by atoms with van der Waals surface area (Å²) in [6.45, 7) is 12.4. The molecule has 19 heavy (non-hydrogen) atoms. The van der Waals surface area contributed by atoms with Gasteiger partial charge in [-0.15, -0.1) is 0 Å². The van der Waals surface area contributed by atoms with Crippen LogP contribution in [0.25, 0.3) is 0 Å². The Bertz CT molecular complexity index is 354. The number of ether oxygens (including phenoxy) is 1. The van der Waals surface area contributed by atoms with Crippen molar-refractivity contribution >= 4 is 0 Å². The van der Waals surface area contributed by atoms with Gasteiger partial charge in [-0.05, 0) is 45.2 Å². The number of hydrogen-bond acceptors (Lipinski definition) is 3. The summed E-state index contributed by atoms with van der Waals surface area (Å²) in [4.78, 5) is 4.42. The van der Waals surface area contributed by atoms with E-state index in [0.29, 0.717) is 5.92 Å². The van der Waals surface area contributed by atoms with Crippen molar-refractivity contribution in [3.63, 3.8) is 0 Å². The molecule has 1 rings (SSSR count). The lowest BCUT2D eigenvalue weighted by Crippen LogP contribution is -2.35. The molecule has 3 heteroatoms. The Morgan fingerprint density at radius 2 is 2.05 bits per heavy atom. The van der Waals surface area contributed by atoms with E-state index in [-0.39, 0.29) is 5.54 Å². The number of hydrogen-bond donors (Lipinski definition) is 1. The van der Waals surface area contributed by atoms with Crippen molar-refractivity contribution in [2.24, 2.45) is 5.92 Å². The Kier molecular flexibility index (Phi) is 6.29. The molecule has 0 aliphatic rings. The summed E-state index contributed by atoms with van der Waals surface area (Å²) < 4.78 is 5.74. The normalized spacial score (nSPS) is 13.3. The third-order valence-corrected chi connectivity index (χ3v) is 2.91. The van der Waals surface area contributed by atoms with E-state index in [0.717, 1.165) is 24.6 Å². The van der Waals surface area contributed by atoms with Crippen LogP contribution in [0.3, 0.4) is 0 Å². The molecular formula is C16H28N2O. The van der Waals surface area contributed by atoms with Crippen LogP contribution < -0.4 is 10.1 Å². The Morgan fingerprint density at radius 1 is 1.32 bits per heavy atom. The van der Waals surface area contributed by atoms with Gasteiger partial charge in [-0.3, -0.25) is 4.98 Å². The van der Waals surface area contributed by atoms with Crippen molar-refractivity contribution in [1.82, 2.24) is 10.3 Å². The van der Waals surface area contributed by atoms with Crippen molar-refractivity contribution in [2.45, 2.75) is 59.5 Å². The monoisotopic (exact) mass is 264 g/mol. The summed E-state index contributed by atoms with van der Waals surface area (Å²) in [6, 6.07) is 4.03. The molecule has 1 atom stereocenters. The largest absolute Gasteiger partial charge is 0.492 e. The molecule has 1 aromatic rings. The van der Waals surface area contributed by atoms with Crippen molar-refractivity contribution in [2.75, 3.05) is 6.61 Å². The van der Waals surface area contributed by atoms with Crippen LogP contribution in [0.2, 0.25) is 0 Å². The lowest BCUT2D eigenvalue weighted by molar-refractivity contribution is 0.250. The van der Waals surface area contributed by atoms with Gasteiger partial charge in [0.05, 0.1) is 18.5 Å².